The van der Waals surface area contributed by atoms with Crippen LogP contribution in [0.15, 0.2) is 71.6 Å². The molecule has 0 spiro atoms. The lowest BCUT2D eigenvalue weighted by molar-refractivity contribution is 0.417. The fraction of sp³-hybridized carbons (Fsp3) is 0.0476. The summed E-state index contributed by atoms with van der Waals surface area (Å²) in [6.45, 7) is 0. The number of halogens is 1. The van der Waals surface area contributed by atoms with Gasteiger partial charge in [-0.2, -0.15) is 0 Å². The van der Waals surface area contributed by atoms with Crippen molar-refractivity contribution in [2.45, 2.75) is 4.90 Å². The zero-order valence-electron chi connectivity index (χ0n) is 14.0. The van der Waals surface area contributed by atoms with Gasteiger partial charge in [0.25, 0.3) is 0 Å². The molecule has 0 saturated carbocycles. The van der Waals surface area contributed by atoms with Gasteiger partial charge in [0.2, 0.25) is 0 Å². The normalized spacial score (nSPS) is 12.4. The maximum absolute atomic E-state index is 12.3. The molecule has 0 aliphatic carbocycles. The molecule has 0 aliphatic heterocycles. The van der Waals surface area contributed by atoms with Crippen LogP contribution < -0.4 is 9.88 Å². The van der Waals surface area contributed by atoms with Gasteiger partial charge < -0.3 is 4.74 Å². The third-order valence-electron chi connectivity index (χ3n) is 4.52. The van der Waals surface area contributed by atoms with E-state index in [2.05, 4.69) is 0 Å². The lowest BCUT2D eigenvalue weighted by Gasteiger charge is -2.17. The van der Waals surface area contributed by atoms with Crippen LogP contribution in [-0.4, -0.2) is 11.3 Å². The van der Waals surface area contributed by atoms with Crippen LogP contribution in [0.4, 0.5) is 0 Å². The Morgan fingerprint density at radius 1 is 0.885 bits per heavy atom. The van der Waals surface area contributed by atoms with Gasteiger partial charge in [0, 0.05) is 16.1 Å². The molecule has 4 aromatic rings. The molecular weight excluding hydrogens is 366 g/mol. The molecule has 1 unspecified atom stereocenters. The SMILES string of the molecule is COc1ccc2cc(Cl)ccc2c1-c1c(S(N)=O)ccc2ccccc12. The number of nitrogens with two attached hydrogens (primary N) is 1. The first-order valence-corrected chi connectivity index (χ1v) is 9.64. The van der Waals surface area contributed by atoms with Gasteiger partial charge in [-0.05, 0) is 45.8 Å². The standard InChI is InChI=1S/C21H16ClNO2S/c1-25-18-10-6-14-12-15(22)8-9-17(14)20(18)21-16-5-3-2-4-13(16)7-11-19(21)26(23)24/h2-12H,23H2,1H3. The molecule has 3 nitrogen and oxygen atoms in total. The summed E-state index contributed by atoms with van der Waals surface area (Å²) in [6.07, 6.45) is 0. The fourth-order valence-electron chi connectivity index (χ4n) is 3.39. The van der Waals surface area contributed by atoms with E-state index in [1.165, 1.54) is 0 Å². The average Bonchev–Trinajstić information content (AvgIpc) is 2.66. The smallest absolute Gasteiger partial charge is 0.127 e. The molecule has 0 aromatic heterocycles. The number of rotatable bonds is 3. The van der Waals surface area contributed by atoms with Gasteiger partial charge in [-0.1, -0.05) is 54.1 Å². The van der Waals surface area contributed by atoms with Crippen LogP contribution in [0.1, 0.15) is 0 Å². The lowest BCUT2D eigenvalue weighted by atomic mass is 9.93. The maximum Gasteiger partial charge on any atom is 0.127 e. The van der Waals surface area contributed by atoms with Crippen LogP contribution >= 0.6 is 11.6 Å². The van der Waals surface area contributed by atoms with E-state index in [0.29, 0.717) is 15.7 Å². The first kappa shape index (κ1) is 17.0. The molecule has 4 aromatic carbocycles. The van der Waals surface area contributed by atoms with Crippen molar-refractivity contribution in [1.29, 1.82) is 0 Å². The van der Waals surface area contributed by atoms with E-state index >= 15 is 0 Å². The Hall–Kier alpha value is -2.40. The molecule has 26 heavy (non-hydrogen) atoms. The third-order valence-corrected chi connectivity index (χ3v) is 5.53. The number of fused-ring (bicyclic) bond motifs is 2. The second kappa shape index (κ2) is 6.72. The second-order valence-corrected chi connectivity index (χ2v) is 7.44. The Morgan fingerprint density at radius 2 is 1.62 bits per heavy atom. The first-order valence-electron chi connectivity index (χ1n) is 8.04. The predicted molar refractivity (Wildman–Crippen MR) is 109 cm³/mol. The minimum atomic E-state index is -1.64. The molecule has 5 heteroatoms. The van der Waals surface area contributed by atoms with Crippen LogP contribution in [0, 0.1) is 0 Å². The maximum atomic E-state index is 12.3. The van der Waals surface area contributed by atoms with E-state index in [1.54, 1.807) is 7.11 Å². The van der Waals surface area contributed by atoms with E-state index in [9.17, 15) is 4.21 Å². The molecule has 0 fully saturated rings. The summed E-state index contributed by atoms with van der Waals surface area (Å²) in [6, 6.07) is 21.3. The molecule has 0 bridgehead atoms. The van der Waals surface area contributed by atoms with E-state index in [1.807, 2.05) is 66.7 Å². The fourth-order valence-corrected chi connectivity index (χ4v) is 4.18. The van der Waals surface area contributed by atoms with Gasteiger partial charge in [0.15, 0.2) is 0 Å². The summed E-state index contributed by atoms with van der Waals surface area (Å²) in [5, 5.41) is 10.4. The van der Waals surface area contributed by atoms with E-state index in [0.717, 1.165) is 32.7 Å². The number of ether oxygens (including phenoxy) is 1. The van der Waals surface area contributed by atoms with Crippen molar-refractivity contribution < 1.29 is 8.95 Å². The van der Waals surface area contributed by atoms with Gasteiger partial charge in [-0.15, -0.1) is 0 Å². The Morgan fingerprint density at radius 3 is 2.38 bits per heavy atom. The van der Waals surface area contributed by atoms with Gasteiger partial charge in [-0.3, -0.25) is 0 Å². The molecule has 0 amide bonds. The Kier molecular flexibility index (Phi) is 4.41. The topological polar surface area (TPSA) is 52.3 Å². The molecule has 0 radical (unpaired) electrons. The quantitative estimate of drug-likeness (QED) is 0.523. The van der Waals surface area contributed by atoms with Crippen molar-refractivity contribution >= 4 is 44.1 Å². The summed E-state index contributed by atoms with van der Waals surface area (Å²) >= 11 is 6.17. The van der Waals surface area contributed by atoms with Crippen molar-refractivity contribution in [3.63, 3.8) is 0 Å². The summed E-state index contributed by atoms with van der Waals surface area (Å²) in [5.41, 5.74) is 1.70. The van der Waals surface area contributed by atoms with E-state index < -0.39 is 11.0 Å². The number of benzene rings is 4. The lowest BCUT2D eigenvalue weighted by Crippen LogP contribution is -2.05. The van der Waals surface area contributed by atoms with Gasteiger partial charge in [0.05, 0.1) is 12.0 Å². The van der Waals surface area contributed by atoms with Crippen LogP contribution in [-0.2, 0) is 11.0 Å². The zero-order chi connectivity index (χ0) is 18.3. The third kappa shape index (κ3) is 2.76. The largest absolute Gasteiger partial charge is 0.496 e. The average molecular weight is 382 g/mol. The Labute approximate surface area is 158 Å². The Balaban J connectivity index is 2.23. The monoisotopic (exact) mass is 381 g/mol. The summed E-state index contributed by atoms with van der Waals surface area (Å²) in [5.74, 6) is 0.697. The van der Waals surface area contributed by atoms with Gasteiger partial charge in [0.1, 0.15) is 16.7 Å². The highest BCUT2D eigenvalue weighted by atomic mass is 35.5. The van der Waals surface area contributed by atoms with Crippen LogP contribution in [0.3, 0.4) is 0 Å². The highest BCUT2D eigenvalue weighted by molar-refractivity contribution is 7.82. The summed E-state index contributed by atoms with van der Waals surface area (Å²) < 4.78 is 17.9. The number of methoxy groups -OCH3 is 1. The second-order valence-electron chi connectivity index (χ2n) is 5.97. The summed E-state index contributed by atoms with van der Waals surface area (Å²) in [4.78, 5) is 0.574. The van der Waals surface area contributed by atoms with Gasteiger partial charge >= 0.3 is 0 Å². The molecule has 1 atom stereocenters. The molecule has 130 valence electrons. The van der Waals surface area contributed by atoms with Crippen LogP contribution in [0.25, 0.3) is 32.7 Å². The number of hydrogen-bond donors (Lipinski definition) is 1. The van der Waals surface area contributed by atoms with Crippen molar-refractivity contribution in [3.8, 4) is 16.9 Å². The van der Waals surface area contributed by atoms with Crippen molar-refractivity contribution in [3.05, 3.63) is 71.8 Å². The number of hydrogen-bond acceptors (Lipinski definition) is 2. The highest BCUT2D eigenvalue weighted by Gasteiger charge is 2.19. The van der Waals surface area contributed by atoms with E-state index in [4.69, 9.17) is 21.5 Å². The highest BCUT2D eigenvalue weighted by Crippen LogP contribution is 2.43. The molecule has 0 saturated heterocycles. The molecule has 4 rings (SSSR count). The first-order chi connectivity index (χ1) is 12.6. The van der Waals surface area contributed by atoms with Crippen molar-refractivity contribution in [2.75, 3.05) is 7.11 Å². The predicted octanol–water partition coefficient (Wildman–Crippen LogP) is 5.30. The van der Waals surface area contributed by atoms with Crippen molar-refractivity contribution in [2.24, 2.45) is 5.14 Å². The minimum absolute atomic E-state index is 0.574. The van der Waals surface area contributed by atoms with Crippen LogP contribution in [0.2, 0.25) is 5.02 Å². The Bertz CT molecular complexity index is 1170. The molecule has 0 aliphatic rings. The minimum Gasteiger partial charge on any atom is -0.496 e. The molecular formula is C21H16ClNO2S. The van der Waals surface area contributed by atoms with E-state index in [-0.39, 0.29) is 0 Å². The molecule has 2 N–H and O–H groups in total. The van der Waals surface area contributed by atoms with Gasteiger partial charge in [-0.25, -0.2) is 9.35 Å². The zero-order valence-corrected chi connectivity index (χ0v) is 15.6. The van der Waals surface area contributed by atoms with Crippen LogP contribution in [0.5, 0.6) is 5.75 Å². The van der Waals surface area contributed by atoms with Crippen molar-refractivity contribution in [1.82, 2.24) is 0 Å². The molecule has 0 heterocycles. The summed E-state index contributed by atoms with van der Waals surface area (Å²) in [7, 11) is -0.00644.